The van der Waals surface area contributed by atoms with Gasteiger partial charge in [-0.1, -0.05) is 23.4 Å². The summed E-state index contributed by atoms with van der Waals surface area (Å²) in [5, 5.41) is 0.972. The van der Waals surface area contributed by atoms with E-state index in [1.54, 1.807) is 11.0 Å². The van der Waals surface area contributed by atoms with Crippen molar-refractivity contribution in [3.8, 4) is 5.88 Å². The van der Waals surface area contributed by atoms with Crippen LogP contribution in [-0.4, -0.2) is 52.5 Å². The van der Waals surface area contributed by atoms with E-state index >= 15 is 0 Å². The van der Waals surface area contributed by atoms with Gasteiger partial charge < -0.3 is 14.4 Å². The Balaban J connectivity index is 1.81. The lowest BCUT2D eigenvalue weighted by molar-refractivity contribution is 0.0154. The summed E-state index contributed by atoms with van der Waals surface area (Å²) in [6.07, 6.45) is 4.59. The fourth-order valence-electron chi connectivity index (χ4n) is 2.67. The van der Waals surface area contributed by atoms with E-state index in [0.717, 1.165) is 25.8 Å². The molecule has 1 aromatic heterocycles. The van der Waals surface area contributed by atoms with Crippen molar-refractivity contribution in [3.05, 3.63) is 11.2 Å². The lowest BCUT2D eigenvalue weighted by atomic mass is 9.95. The predicted octanol–water partition coefficient (Wildman–Crippen LogP) is 4.27. The highest BCUT2D eigenvalue weighted by atomic mass is 35.5. The Kier molecular flexibility index (Phi) is 7.19. The average Bonchev–Trinajstić information content (AvgIpc) is 2.53. The number of carbonyl (C=O) groups excluding carboxylic acids is 1. The number of likely N-dealkylation sites (tertiary alicyclic amines) is 1. The van der Waals surface area contributed by atoms with Crippen LogP contribution in [0.3, 0.4) is 0 Å². The van der Waals surface area contributed by atoms with Gasteiger partial charge in [-0.2, -0.15) is 4.98 Å². The molecule has 1 aromatic rings. The molecule has 0 bridgehead atoms. The smallest absolute Gasteiger partial charge is 0.410 e. The topological polar surface area (TPSA) is 64.5 Å². The van der Waals surface area contributed by atoms with Crippen LogP contribution in [0.2, 0.25) is 5.15 Å². The number of amides is 1. The van der Waals surface area contributed by atoms with E-state index in [0.29, 0.717) is 35.3 Å². The van der Waals surface area contributed by atoms with E-state index in [-0.39, 0.29) is 6.09 Å². The Labute approximate surface area is 158 Å². The molecule has 0 aliphatic carbocycles. The first-order valence-corrected chi connectivity index (χ1v) is 10.1. The number of halogens is 1. The Morgan fingerprint density at radius 3 is 2.88 bits per heavy atom. The first-order chi connectivity index (χ1) is 11.8. The molecule has 0 radical (unpaired) electrons. The van der Waals surface area contributed by atoms with Gasteiger partial charge in [0.25, 0.3) is 0 Å². The fourth-order valence-corrected chi connectivity index (χ4v) is 3.26. The number of thioether (sulfide) groups is 1. The second-order valence-electron chi connectivity index (χ2n) is 7.09. The maximum absolute atomic E-state index is 12.2. The van der Waals surface area contributed by atoms with Crippen molar-refractivity contribution < 1.29 is 14.3 Å². The van der Waals surface area contributed by atoms with Crippen LogP contribution < -0.4 is 4.74 Å². The summed E-state index contributed by atoms with van der Waals surface area (Å²) >= 11 is 7.38. The van der Waals surface area contributed by atoms with Crippen molar-refractivity contribution in [2.75, 3.05) is 26.0 Å². The summed E-state index contributed by atoms with van der Waals surface area (Å²) in [7, 11) is 0. The van der Waals surface area contributed by atoms with Crippen LogP contribution in [0.15, 0.2) is 11.2 Å². The zero-order valence-corrected chi connectivity index (χ0v) is 16.8. The number of hydrogen-bond acceptors (Lipinski definition) is 6. The van der Waals surface area contributed by atoms with Gasteiger partial charge in [0.05, 0.1) is 6.61 Å². The molecule has 0 spiro atoms. The van der Waals surface area contributed by atoms with Crippen molar-refractivity contribution in [1.82, 2.24) is 14.9 Å². The lowest BCUT2D eigenvalue weighted by Gasteiger charge is -2.34. The molecular weight excluding hydrogens is 362 g/mol. The van der Waals surface area contributed by atoms with Gasteiger partial charge >= 0.3 is 6.09 Å². The molecule has 1 amide bonds. The number of carbonyl (C=O) groups is 1. The normalized spacial score (nSPS) is 18.1. The van der Waals surface area contributed by atoms with Gasteiger partial charge in [0.2, 0.25) is 5.88 Å². The molecule has 2 heterocycles. The standard InChI is InChI=1S/C17H26ClN3O3S/c1-17(2,3)24-16(22)21-8-5-6-12(11-21)7-9-23-14-10-13(18)19-15(20-14)25-4/h10,12H,5-9,11H2,1-4H3. The monoisotopic (exact) mass is 387 g/mol. The van der Waals surface area contributed by atoms with E-state index < -0.39 is 5.60 Å². The van der Waals surface area contributed by atoms with E-state index in [9.17, 15) is 4.79 Å². The van der Waals surface area contributed by atoms with Crippen molar-refractivity contribution in [2.45, 2.75) is 50.8 Å². The fraction of sp³-hybridized carbons (Fsp3) is 0.706. The maximum atomic E-state index is 12.2. The highest BCUT2D eigenvalue weighted by Gasteiger charge is 2.27. The van der Waals surface area contributed by atoms with E-state index in [1.807, 2.05) is 27.0 Å². The molecule has 140 valence electrons. The summed E-state index contributed by atoms with van der Waals surface area (Å²) in [5.74, 6) is 0.891. The summed E-state index contributed by atoms with van der Waals surface area (Å²) in [6, 6.07) is 1.62. The number of ether oxygens (including phenoxy) is 2. The summed E-state index contributed by atoms with van der Waals surface area (Å²) in [6.45, 7) is 7.65. The van der Waals surface area contributed by atoms with Crippen LogP contribution in [0.5, 0.6) is 5.88 Å². The quantitative estimate of drug-likeness (QED) is 0.427. The molecule has 8 heteroatoms. The number of aromatic nitrogens is 2. The third kappa shape index (κ3) is 6.90. The minimum Gasteiger partial charge on any atom is -0.478 e. The van der Waals surface area contributed by atoms with Crippen LogP contribution in [0.4, 0.5) is 4.79 Å². The van der Waals surface area contributed by atoms with Gasteiger partial charge in [0.15, 0.2) is 5.16 Å². The van der Waals surface area contributed by atoms with Gasteiger partial charge in [0.1, 0.15) is 10.8 Å². The third-order valence-electron chi connectivity index (χ3n) is 3.78. The van der Waals surface area contributed by atoms with Crippen molar-refractivity contribution in [3.63, 3.8) is 0 Å². The summed E-state index contributed by atoms with van der Waals surface area (Å²) < 4.78 is 11.2. The van der Waals surface area contributed by atoms with E-state index in [1.165, 1.54) is 11.8 Å². The minimum absolute atomic E-state index is 0.231. The lowest BCUT2D eigenvalue weighted by Crippen LogP contribution is -2.43. The van der Waals surface area contributed by atoms with Crippen molar-refractivity contribution in [2.24, 2.45) is 5.92 Å². The molecule has 1 unspecified atom stereocenters. The number of piperidine rings is 1. The molecule has 25 heavy (non-hydrogen) atoms. The maximum Gasteiger partial charge on any atom is 0.410 e. The minimum atomic E-state index is -0.464. The Bertz CT molecular complexity index is 595. The van der Waals surface area contributed by atoms with Gasteiger partial charge in [-0.05, 0) is 52.2 Å². The second-order valence-corrected chi connectivity index (χ2v) is 8.25. The van der Waals surface area contributed by atoms with Crippen molar-refractivity contribution in [1.29, 1.82) is 0 Å². The van der Waals surface area contributed by atoms with Gasteiger partial charge in [0, 0.05) is 19.2 Å². The Morgan fingerprint density at radius 2 is 2.20 bits per heavy atom. The average molecular weight is 388 g/mol. The molecule has 1 aliphatic heterocycles. The number of hydrogen-bond donors (Lipinski definition) is 0. The number of rotatable bonds is 5. The van der Waals surface area contributed by atoms with Gasteiger partial charge in [-0.3, -0.25) is 0 Å². The summed E-state index contributed by atoms with van der Waals surface area (Å²) in [4.78, 5) is 22.4. The van der Waals surface area contributed by atoms with Gasteiger partial charge in [-0.15, -0.1) is 0 Å². The Hall–Kier alpha value is -1.21. The molecule has 1 saturated heterocycles. The van der Waals surface area contributed by atoms with E-state index in [4.69, 9.17) is 21.1 Å². The van der Waals surface area contributed by atoms with E-state index in [2.05, 4.69) is 9.97 Å². The third-order valence-corrected chi connectivity index (χ3v) is 4.52. The summed E-state index contributed by atoms with van der Waals surface area (Å²) in [5.41, 5.74) is -0.464. The molecule has 1 fully saturated rings. The Morgan fingerprint density at radius 1 is 1.44 bits per heavy atom. The van der Waals surface area contributed by atoms with Crippen LogP contribution >= 0.6 is 23.4 Å². The zero-order chi connectivity index (χ0) is 18.4. The first kappa shape index (κ1) is 20.1. The molecule has 0 aromatic carbocycles. The molecule has 1 atom stereocenters. The molecule has 2 rings (SSSR count). The van der Waals surface area contributed by atoms with Crippen molar-refractivity contribution >= 4 is 29.5 Å². The van der Waals surface area contributed by atoms with Crippen LogP contribution in [0.1, 0.15) is 40.0 Å². The largest absolute Gasteiger partial charge is 0.478 e. The highest BCUT2D eigenvalue weighted by molar-refractivity contribution is 7.98. The highest BCUT2D eigenvalue weighted by Crippen LogP contribution is 2.23. The molecule has 6 nitrogen and oxygen atoms in total. The SMILES string of the molecule is CSc1nc(Cl)cc(OCCC2CCCN(C(=O)OC(C)(C)C)C2)n1. The number of nitrogens with zero attached hydrogens (tertiary/aromatic N) is 3. The molecular formula is C17H26ClN3O3S. The molecule has 1 aliphatic rings. The molecule has 0 N–H and O–H groups in total. The first-order valence-electron chi connectivity index (χ1n) is 8.46. The molecule has 0 saturated carbocycles. The van der Waals surface area contributed by atoms with Crippen LogP contribution in [-0.2, 0) is 4.74 Å². The van der Waals surface area contributed by atoms with Crippen LogP contribution in [0, 0.1) is 5.92 Å². The second kappa shape index (κ2) is 8.94. The van der Waals surface area contributed by atoms with Crippen LogP contribution in [0.25, 0.3) is 0 Å². The predicted molar refractivity (Wildman–Crippen MR) is 99.5 cm³/mol. The van der Waals surface area contributed by atoms with Gasteiger partial charge in [-0.25, -0.2) is 9.78 Å². The zero-order valence-electron chi connectivity index (χ0n) is 15.2.